The zero-order chi connectivity index (χ0) is 14.5. The number of anilines is 1. The van der Waals surface area contributed by atoms with Gasteiger partial charge in [0.25, 0.3) is 0 Å². The lowest BCUT2D eigenvalue weighted by atomic mass is 10.1. The molecule has 108 valence electrons. The zero-order valence-electron chi connectivity index (χ0n) is 11.0. The van der Waals surface area contributed by atoms with Gasteiger partial charge in [0.2, 0.25) is 0 Å². The van der Waals surface area contributed by atoms with E-state index in [1.54, 1.807) is 0 Å². The van der Waals surface area contributed by atoms with Crippen LogP contribution in [0.2, 0.25) is 0 Å². The Morgan fingerprint density at radius 2 is 2.00 bits per heavy atom. The molecular formula is C14H17FN2O3. The van der Waals surface area contributed by atoms with Gasteiger partial charge in [-0.3, -0.25) is 0 Å². The third kappa shape index (κ3) is 3.69. The summed E-state index contributed by atoms with van der Waals surface area (Å²) in [5, 5.41) is 14.1. The van der Waals surface area contributed by atoms with Crippen LogP contribution in [0.5, 0.6) is 0 Å². The molecule has 0 bridgehead atoms. The van der Waals surface area contributed by atoms with Crippen LogP contribution in [0.15, 0.2) is 18.2 Å². The summed E-state index contributed by atoms with van der Waals surface area (Å²) in [6.07, 6.45) is 4.65. The van der Waals surface area contributed by atoms with E-state index in [0.29, 0.717) is 12.5 Å². The molecule has 1 fully saturated rings. The van der Waals surface area contributed by atoms with Crippen molar-refractivity contribution in [2.45, 2.75) is 25.7 Å². The van der Waals surface area contributed by atoms with Crippen molar-refractivity contribution >= 4 is 17.7 Å². The van der Waals surface area contributed by atoms with Crippen molar-refractivity contribution in [3.8, 4) is 0 Å². The summed E-state index contributed by atoms with van der Waals surface area (Å²) in [5.41, 5.74) is -0.202. The van der Waals surface area contributed by atoms with Gasteiger partial charge in [-0.25, -0.2) is 14.0 Å². The summed E-state index contributed by atoms with van der Waals surface area (Å²) in [7, 11) is 0. The number of amides is 2. The smallest absolute Gasteiger partial charge is 0.338 e. The van der Waals surface area contributed by atoms with Gasteiger partial charge in [-0.15, -0.1) is 0 Å². The first-order valence-corrected chi connectivity index (χ1v) is 6.64. The molecule has 2 amide bonds. The van der Waals surface area contributed by atoms with Crippen LogP contribution >= 0.6 is 0 Å². The number of halogens is 1. The van der Waals surface area contributed by atoms with Gasteiger partial charge in [0.05, 0.1) is 5.56 Å². The monoisotopic (exact) mass is 280 g/mol. The number of hydrogen-bond acceptors (Lipinski definition) is 2. The van der Waals surface area contributed by atoms with Crippen LogP contribution in [0.4, 0.5) is 14.9 Å². The average molecular weight is 280 g/mol. The van der Waals surface area contributed by atoms with Gasteiger partial charge in [0, 0.05) is 12.2 Å². The van der Waals surface area contributed by atoms with Crippen LogP contribution < -0.4 is 10.6 Å². The highest BCUT2D eigenvalue weighted by molar-refractivity contribution is 5.93. The van der Waals surface area contributed by atoms with Crippen LogP contribution in [0.1, 0.15) is 36.0 Å². The molecule has 2 rings (SSSR count). The number of nitrogens with one attached hydrogen (secondary N) is 2. The summed E-state index contributed by atoms with van der Waals surface area (Å²) in [5.74, 6) is -1.67. The Morgan fingerprint density at radius 1 is 1.30 bits per heavy atom. The third-order valence-corrected chi connectivity index (χ3v) is 3.48. The van der Waals surface area contributed by atoms with E-state index in [0.717, 1.165) is 25.0 Å². The van der Waals surface area contributed by atoms with Gasteiger partial charge in [-0.05, 0) is 37.0 Å². The number of rotatable bonds is 4. The van der Waals surface area contributed by atoms with E-state index >= 15 is 0 Å². The predicted octanol–water partition coefficient (Wildman–Crippen LogP) is 2.84. The first-order valence-electron chi connectivity index (χ1n) is 6.64. The quantitative estimate of drug-likeness (QED) is 0.793. The Balaban J connectivity index is 1.90. The van der Waals surface area contributed by atoms with Crippen molar-refractivity contribution < 1.29 is 19.1 Å². The van der Waals surface area contributed by atoms with Crippen LogP contribution in [0.25, 0.3) is 0 Å². The number of carboxylic acid groups (broad SMARTS) is 1. The highest BCUT2D eigenvalue weighted by Gasteiger charge is 2.16. The Bertz CT molecular complexity index is 513. The number of carboxylic acids is 1. The topological polar surface area (TPSA) is 78.4 Å². The molecule has 0 aliphatic heterocycles. The van der Waals surface area contributed by atoms with E-state index in [2.05, 4.69) is 10.6 Å². The van der Waals surface area contributed by atoms with Crippen molar-refractivity contribution in [1.29, 1.82) is 0 Å². The fourth-order valence-corrected chi connectivity index (χ4v) is 2.39. The fourth-order valence-electron chi connectivity index (χ4n) is 2.39. The molecule has 0 saturated heterocycles. The molecule has 1 aromatic rings. The summed E-state index contributed by atoms with van der Waals surface area (Å²) in [6, 6.07) is 3.06. The van der Waals surface area contributed by atoms with Crippen molar-refractivity contribution in [2.24, 2.45) is 5.92 Å². The molecule has 1 aliphatic rings. The molecule has 3 N–H and O–H groups in total. The van der Waals surface area contributed by atoms with Crippen molar-refractivity contribution in [3.63, 3.8) is 0 Å². The molecular weight excluding hydrogens is 263 g/mol. The molecule has 0 aromatic heterocycles. The molecule has 0 spiro atoms. The Kier molecular flexibility index (Phi) is 4.55. The van der Waals surface area contributed by atoms with Crippen molar-refractivity contribution in [2.75, 3.05) is 11.9 Å². The molecule has 0 atom stereocenters. The minimum Gasteiger partial charge on any atom is -0.478 e. The van der Waals surface area contributed by atoms with Crippen LogP contribution in [0, 0.1) is 11.7 Å². The van der Waals surface area contributed by atoms with E-state index < -0.39 is 23.4 Å². The highest BCUT2D eigenvalue weighted by atomic mass is 19.1. The summed E-state index contributed by atoms with van der Waals surface area (Å²) in [6.45, 7) is 0.610. The largest absolute Gasteiger partial charge is 0.478 e. The normalized spacial score (nSPS) is 15.1. The molecule has 1 saturated carbocycles. The Morgan fingerprint density at radius 3 is 2.65 bits per heavy atom. The van der Waals surface area contributed by atoms with Crippen LogP contribution in [-0.2, 0) is 0 Å². The van der Waals surface area contributed by atoms with Gasteiger partial charge >= 0.3 is 12.0 Å². The Labute approximate surface area is 116 Å². The predicted molar refractivity (Wildman–Crippen MR) is 72.3 cm³/mol. The zero-order valence-corrected chi connectivity index (χ0v) is 11.0. The van der Waals surface area contributed by atoms with E-state index in [9.17, 15) is 14.0 Å². The summed E-state index contributed by atoms with van der Waals surface area (Å²) in [4.78, 5) is 22.5. The minimum absolute atomic E-state index is 0.257. The minimum atomic E-state index is -1.36. The maximum Gasteiger partial charge on any atom is 0.338 e. The first kappa shape index (κ1) is 14.3. The standard InChI is InChI=1S/C14H17FN2O3/c15-12-6-5-10(7-11(12)13(18)19)17-14(20)16-8-9-3-1-2-4-9/h5-7,9H,1-4,8H2,(H,18,19)(H2,16,17,20). The lowest BCUT2D eigenvalue weighted by molar-refractivity contribution is 0.0692. The highest BCUT2D eigenvalue weighted by Crippen LogP contribution is 2.23. The molecule has 6 heteroatoms. The van der Waals surface area contributed by atoms with Gasteiger partial charge in [-0.2, -0.15) is 0 Å². The lowest BCUT2D eigenvalue weighted by Gasteiger charge is -2.12. The number of carbonyl (C=O) groups excluding carboxylic acids is 1. The summed E-state index contributed by atoms with van der Waals surface area (Å²) >= 11 is 0. The van der Waals surface area contributed by atoms with E-state index in [1.165, 1.54) is 18.9 Å². The third-order valence-electron chi connectivity index (χ3n) is 3.48. The average Bonchev–Trinajstić information content (AvgIpc) is 2.91. The van der Waals surface area contributed by atoms with Crippen molar-refractivity contribution in [3.05, 3.63) is 29.6 Å². The van der Waals surface area contributed by atoms with Crippen LogP contribution in [0.3, 0.4) is 0 Å². The van der Waals surface area contributed by atoms with E-state index in [-0.39, 0.29) is 5.69 Å². The van der Waals surface area contributed by atoms with Gasteiger partial charge < -0.3 is 15.7 Å². The van der Waals surface area contributed by atoms with Crippen LogP contribution in [-0.4, -0.2) is 23.7 Å². The second kappa shape index (κ2) is 6.36. The second-order valence-electron chi connectivity index (χ2n) is 4.99. The number of hydrogen-bond donors (Lipinski definition) is 3. The number of benzene rings is 1. The lowest BCUT2D eigenvalue weighted by Crippen LogP contribution is -2.32. The molecule has 1 aliphatic carbocycles. The number of carbonyl (C=O) groups is 2. The number of urea groups is 1. The fraction of sp³-hybridized carbons (Fsp3) is 0.429. The second-order valence-corrected chi connectivity index (χ2v) is 4.99. The van der Waals surface area contributed by atoms with E-state index in [1.807, 2.05) is 0 Å². The number of aromatic carboxylic acids is 1. The van der Waals surface area contributed by atoms with Gasteiger partial charge in [-0.1, -0.05) is 12.8 Å². The van der Waals surface area contributed by atoms with Crippen molar-refractivity contribution in [1.82, 2.24) is 5.32 Å². The summed E-state index contributed by atoms with van der Waals surface area (Å²) < 4.78 is 13.2. The molecule has 20 heavy (non-hydrogen) atoms. The molecule has 0 heterocycles. The molecule has 0 unspecified atom stereocenters. The molecule has 5 nitrogen and oxygen atoms in total. The molecule has 1 aromatic carbocycles. The Hall–Kier alpha value is -2.11. The molecule has 0 radical (unpaired) electrons. The van der Waals surface area contributed by atoms with Gasteiger partial charge in [0.1, 0.15) is 5.82 Å². The first-order chi connectivity index (χ1) is 9.56. The SMILES string of the molecule is O=C(NCC1CCCC1)Nc1ccc(F)c(C(=O)O)c1. The van der Waals surface area contributed by atoms with E-state index in [4.69, 9.17) is 5.11 Å². The van der Waals surface area contributed by atoms with Gasteiger partial charge in [0.15, 0.2) is 0 Å². The maximum atomic E-state index is 13.2. The maximum absolute atomic E-state index is 13.2.